The van der Waals surface area contributed by atoms with Crippen molar-refractivity contribution < 1.29 is 9.53 Å². The molecule has 0 atom stereocenters. The molecule has 0 spiro atoms. The van der Waals surface area contributed by atoms with Crippen molar-refractivity contribution in [2.75, 3.05) is 13.0 Å². The largest absolute Gasteiger partial charge is 0.468 e. The third-order valence-electron chi connectivity index (χ3n) is 2.75. The Bertz CT molecular complexity index is 580. The van der Waals surface area contributed by atoms with Crippen LogP contribution in [0.2, 0.25) is 0 Å². The van der Waals surface area contributed by atoms with Crippen LogP contribution in [0.3, 0.4) is 0 Å². The molecule has 96 valence electrons. The lowest BCUT2D eigenvalue weighted by molar-refractivity contribution is -0.141. The number of imidazole rings is 1. The minimum atomic E-state index is -0.326. The van der Waals surface area contributed by atoms with Gasteiger partial charge in [-0.25, -0.2) is 9.97 Å². The number of fused-ring (bicyclic) bond motifs is 1. The molecule has 0 radical (unpaired) electrons. The summed E-state index contributed by atoms with van der Waals surface area (Å²) >= 11 is 5.76. The van der Waals surface area contributed by atoms with Gasteiger partial charge in [-0.15, -0.1) is 11.6 Å². The van der Waals surface area contributed by atoms with E-state index in [1.165, 1.54) is 7.11 Å². The van der Waals surface area contributed by atoms with E-state index in [0.29, 0.717) is 17.9 Å². The number of methoxy groups -OCH3 is 1. The molecule has 0 N–H and O–H groups in total. The zero-order valence-corrected chi connectivity index (χ0v) is 11.1. The molecule has 0 saturated carbocycles. The second-order valence-electron chi connectivity index (χ2n) is 3.93. The van der Waals surface area contributed by atoms with E-state index < -0.39 is 0 Å². The van der Waals surface area contributed by atoms with Gasteiger partial charge in [-0.1, -0.05) is 0 Å². The molecule has 0 bridgehead atoms. The number of alkyl halides is 1. The molecule has 2 aromatic rings. The zero-order valence-electron chi connectivity index (χ0n) is 10.3. The van der Waals surface area contributed by atoms with Gasteiger partial charge in [0.05, 0.1) is 7.11 Å². The average Bonchev–Trinajstić information content (AvgIpc) is 2.70. The van der Waals surface area contributed by atoms with Crippen molar-refractivity contribution in [2.45, 2.75) is 19.9 Å². The number of halogens is 1. The lowest BCUT2D eigenvalue weighted by Crippen LogP contribution is -2.14. The number of rotatable bonds is 4. The predicted molar refractivity (Wildman–Crippen MR) is 68.7 cm³/mol. The first-order chi connectivity index (χ1) is 8.67. The minimum absolute atomic E-state index is 0.107. The molecule has 2 heterocycles. The van der Waals surface area contributed by atoms with Crippen LogP contribution in [-0.4, -0.2) is 33.5 Å². The standard InChI is InChI=1S/C12H14ClN3O2/c1-8-4-6-14-12-11(8)15-9(3-5-13)16(12)7-10(17)18-2/h4,6H,3,5,7H2,1-2H3. The Kier molecular flexibility index (Phi) is 3.81. The number of nitrogens with zero attached hydrogens (tertiary/aromatic N) is 3. The summed E-state index contributed by atoms with van der Waals surface area (Å²) in [6.45, 7) is 2.07. The molecular formula is C12H14ClN3O2. The van der Waals surface area contributed by atoms with Crippen molar-refractivity contribution in [3.05, 3.63) is 23.7 Å². The molecule has 6 heteroatoms. The van der Waals surface area contributed by atoms with Gasteiger partial charge in [0.1, 0.15) is 17.9 Å². The number of carbonyl (C=O) groups excluding carboxylic acids is 1. The third kappa shape index (κ3) is 2.31. The smallest absolute Gasteiger partial charge is 0.325 e. The average molecular weight is 268 g/mol. The molecule has 0 saturated heterocycles. The van der Waals surface area contributed by atoms with Crippen LogP contribution in [0, 0.1) is 6.92 Å². The fraction of sp³-hybridized carbons (Fsp3) is 0.417. The first-order valence-corrected chi connectivity index (χ1v) is 6.14. The van der Waals surface area contributed by atoms with E-state index in [4.69, 9.17) is 11.6 Å². The van der Waals surface area contributed by atoms with E-state index in [1.807, 2.05) is 13.0 Å². The third-order valence-corrected chi connectivity index (χ3v) is 2.94. The first-order valence-electron chi connectivity index (χ1n) is 5.61. The Morgan fingerprint density at radius 2 is 2.33 bits per heavy atom. The maximum absolute atomic E-state index is 11.4. The molecule has 0 aliphatic rings. The number of ether oxygens (including phenoxy) is 1. The van der Waals surface area contributed by atoms with Gasteiger partial charge >= 0.3 is 5.97 Å². The number of esters is 1. The van der Waals surface area contributed by atoms with Crippen LogP contribution in [0.4, 0.5) is 0 Å². The van der Waals surface area contributed by atoms with Gasteiger partial charge in [-0.05, 0) is 18.6 Å². The molecule has 18 heavy (non-hydrogen) atoms. The second-order valence-corrected chi connectivity index (χ2v) is 4.31. The van der Waals surface area contributed by atoms with Crippen LogP contribution in [0.1, 0.15) is 11.4 Å². The lowest BCUT2D eigenvalue weighted by atomic mass is 10.3. The van der Waals surface area contributed by atoms with Crippen LogP contribution in [0.15, 0.2) is 12.3 Å². The van der Waals surface area contributed by atoms with E-state index in [1.54, 1.807) is 10.8 Å². The van der Waals surface area contributed by atoms with Gasteiger partial charge in [0.15, 0.2) is 5.65 Å². The summed E-state index contributed by atoms with van der Waals surface area (Å²) in [6.07, 6.45) is 2.30. The molecule has 2 aromatic heterocycles. The number of aryl methyl sites for hydroxylation is 2. The molecule has 5 nitrogen and oxygen atoms in total. The van der Waals surface area contributed by atoms with Crippen LogP contribution < -0.4 is 0 Å². The summed E-state index contributed by atoms with van der Waals surface area (Å²) in [6, 6.07) is 1.89. The Labute approximate surface area is 110 Å². The number of hydrogen-bond acceptors (Lipinski definition) is 4. The van der Waals surface area contributed by atoms with Crippen LogP contribution in [0.5, 0.6) is 0 Å². The van der Waals surface area contributed by atoms with Crippen LogP contribution >= 0.6 is 11.6 Å². The molecule has 0 aliphatic carbocycles. The SMILES string of the molecule is COC(=O)Cn1c(CCCl)nc2c(C)ccnc21. The van der Waals surface area contributed by atoms with Crippen LogP contribution in [-0.2, 0) is 22.5 Å². The second kappa shape index (κ2) is 5.35. The van der Waals surface area contributed by atoms with E-state index in [2.05, 4.69) is 14.7 Å². The van der Waals surface area contributed by atoms with Crippen molar-refractivity contribution in [3.63, 3.8) is 0 Å². The van der Waals surface area contributed by atoms with Crippen LogP contribution in [0.25, 0.3) is 11.2 Å². The number of pyridine rings is 1. The highest BCUT2D eigenvalue weighted by atomic mass is 35.5. The van der Waals surface area contributed by atoms with Crippen molar-refractivity contribution in [1.82, 2.24) is 14.5 Å². The normalized spacial score (nSPS) is 10.8. The monoisotopic (exact) mass is 267 g/mol. The number of aromatic nitrogens is 3. The summed E-state index contributed by atoms with van der Waals surface area (Å²) in [4.78, 5) is 20.2. The Morgan fingerprint density at radius 1 is 1.56 bits per heavy atom. The molecule has 0 aliphatic heterocycles. The summed E-state index contributed by atoms with van der Waals surface area (Å²) in [5.41, 5.74) is 2.53. The maximum atomic E-state index is 11.4. The van der Waals surface area contributed by atoms with Crippen molar-refractivity contribution in [1.29, 1.82) is 0 Å². The van der Waals surface area contributed by atoms with E-state index >= 15 is 0 Å². The molecule has 0 fully saturated rings. The number of hydrogen-bond donors (Lipinski definition) is 0. The Morgan fingerprint density at radius 3 is 3.00 bits per heavy atom. The summed E-state index contributed by atoms with van der Waals surface area (Å²) < 4.78 is 6.45. The van der Waals surface area contributed by atoms with E-state index in [0.717, 1.165) is 16.9 Å². The highest BCUT2D eigenvalue weighted by molar-refractivity contribution is 6.17. The predicted octanol–water partition coefficient (Wildman–Crippen LogP) is 1.69. The van der Waals surface area contributed by atoms with Crippen molar-refractivity contribution in [2.24, 2.45) is 0 Å². The van der Waals surface area contributed by atoms with Gasteiger partial charge in [-0.3, -0.25) is 4.79 Å². The molecule has 0 amide bonds. The lowest BCUT2D eigenvalue weighted by Gasteiger charge is -2.05. The van der Waals surface area contributed by atoms with Gasteiger partial charge < -0.3 is 9.30 Å². The summed E-state index contributed by atoms with van der Waals surface area (Å²) in [5.74, 6) is 0.879. The fourth-order valence-electron chi connectivity index (χ4n) is 1.82. The quantitative estimate of drug-likeness (QED) is 0.625. The zero-order chi connectivity index (χ0) is 13.1. The Hall–Kier alpha value is -1.62. The highest BCUT2D eigenvalue weighted by Gasteiger charge is 2.15. The first kappa shape index (κ1) is 12.8. The molecule has 2 rings (SSSR count). The molecule has 0 aromatic carbocycles. The fourth-order valence-corrected chi connectivity index (χ4v) is 1.99. The van der Waals surface area contributed by atoms with Crippen molar-refractivity contribution >= 4 is 28.7 Å². The maximum Gasteiger partial charge on any atom is 0.325 e. The highest BCUT2D eigenvalue weighted by Crippen LogP contribution is 2.18. The summed E-state index contributed by atoms with van der Waals surface area (Å²) in [7, 11) is 1.36. The minimum Gasteiger partial charge on any atom is -0.468 e. The van der Waals surface area contributed by atoms with Gasteiger partial charge in [0.2, 0.25) is 0 Å². The topological polar surface area (TPSA) is 57.0 Å². The van der Waals surface area contributed by atoms with Gasteiger partial charge in [0, 0.05) is 18.5 Å². The van der Waals surface area contributed by atoms with E-state index in [9.17, 15) is 4.79 Å². The van der Waals surface area contributed by atoms with E-state index in [-0.39, 0.29) is 12.5 Å². The molecule has 0 unspecified atom stereocenters. The molecular weight excluding hydrogens is 254 g/mol. The van der Waals surface area contributed by atoms with Crippen molar-refractivity contribution in [3.8, 4) is 0 Å². The summed E-state index contributed by atoms with van der Waals surface area (Å²) in [5, 5.41) is 0. The van der Waals surface area contributed by atoms with Gasteiger partial charge in [0.25, 0.3) is 0 Å². The van der Waals surface area contributed by atoms with Gasteiger partial charge in [-0.2, -0.15) is 0 Å². The Balaban J connectivity index is 2.55. The number of carbonyl (C=O) groups is 1.